The molecule has 0 unspecified atom stereocenters. The molecule has 1 amide bonds. The van der Waals surface area contributed by atoms with Crippen LogP contribution in [0.1, 0.15) is 43.1 Å². The van der Waals surface area contributed by atoms with Crippen LogP contribution in [0.15, 0.2) is 42.5 Å². The van der Waals surface area contributed by atoms with Gasteiger partial charge in [-0.3, -0.25) is 4.79 Å². The lowest BCUT2D eigenvalue weighted by Crippen LogP contribution is -2.13. The summed E-state index contributed by atoms with van der Waals surface area (Å²) in [6.45, 7) is 6.07. The number of aryl methyl sites for hydroxylation is 1. The zero-order valence-electron chi connectivity index (χ0n) is 16.8. The number of nitrogens with one attached hydrogen (secondary N) is 1. The van der Waals surface area contributed by atoms with Crippen LogP contribution in [0.25, 0.3) is 0 Å². The number of carbonyl (C=O) groups is 2. The first-order valence-electron chi connectivity index (χ1n) is 9.33. The minimum Gasteiger partial charge on any atom is -0.493 e. The fourth-order valence-electron chi connectivity index (χ4n) is 2.60. The molecule has 28 heavy (non-hydrogen) atoms. The molecular formula is C22H27NO5. The number of amides is 1. The normalized spacial score (nSPS) is 10.5. The van der Waals surface area contributed by atoms with Gasteiger partial charge in [-0.2, -0.15) is 0 Å². The van der Waals surface area contributed by atoms with E-state index >= 15 is 0 Å². The van der Waals surface area contributed by atoms with Crippen molar-refractivity contribution in [2.75, 3.05) is 19.0 Å². The second-order valence-electron chi connectivity index (χ2n) is 6.50. The topological polar surface area (TPSA) is 73.9 Å². The number of hydrogen-bond acceptors (Lipinski definition) is 5. The molecule has 0 aliphatic heterocycles. The van der Waals surface area contributed by atoms with Crippen molar-refractivity contribution in [2.24, 2.45) is 0 Å². The Kier molecular flexibility index (Phi) is 7.87. The molecule has 2 aromatic rings. The Morgan fingerprint density at radius 2 is 1.75 bits per heavy atom. The zero-order valence-corrected chi connectivity index (χ0v) is 16.8. The van der Waals surface area contributed by atoms with Crippen LogP contribution in [0.3, 0.4) is 0 Å². The van der Waals surface area contributed by atoms with E-state index in [4.69, 9.17) is 14.2 Å². The molecule has 6 heteroatoms. The summed E-state index contributed by atoms with van der Waals surface area (Å²) in [7, 11) is 1.59. The third-order valence-corrected chi connectivity index (χ3v) is 3.92. The molecule has 2 aromatic carbocycles. The van der Waals surface area contributed by atoms with E-state index < -0.39 is 0 Å². The van der Waals surface area contributed by atoms with E-state index in [9.17, 15) is 9.59 Å². The van der Waals surface area contributed by atoms with Gasteiger partial charge in [-0.15, -0.1) is 0 Å². The van der Waals surface area contributed by atoms with Gasteiger partial charge in [0.25, 0.3) is 0 Å². The highest BCUT2D eigenvalue weighted by molar-refractivity contribution is 5.93. The number of carbonyl (C=O) groups excluding carboxylic acids is 2. The van der Waals surface area contributed by atoms with Crippen molar-refractivity contribution in [3.8, 4) is 11.5 Å². The van der Waals surface area contributed by atoms with Crippen molar-refractivity contribution in [3.05, 3.63) is 53.6 Å². The minimum atomic E-state index is -0.377. The smallest absolute Gasteiger partial charge is 0.338 e. The highest BCUT2D eigenvalue weighted by Crippen LogP contribution is 2.28. The fourth-order valence-corrected chi connectivity index (χ4v) is 2.60. The molecule has 0 heterocycles. The molecule has 6 nitrogen and oxygen atoms in total. The third-order valence-electron chi connectivity index (χ3n) is 3.92. The van der Waals surface area contributed by atoms with Gasteiger partial charge in [-0.25, -0.2) is 4.79 Å². The highest BCUT2D eigenvalue weighted by atomic mass is 16.5. The van der Waals surface area contributed by atoms with Crippen LogP contribution in [0.2, 0.25) is 0 Å². The number of hydrogen-bond donors (Lipinski definition) is 1. The molecular weight excluding hydrogens is 358 g/mol. The van der Waals surface area contributed by atoms with Crippen molar-refractivity contribution in [1.29, 1.82) is 0 Å². The summed E-state index contributed by atoms with van der Waals surface area (Å²) in [6, 6.07) is 12.3. The van der Waals surface area contributed by atoms with Crippen molar-refractivity contribution in [3.63, 3.8) is 0 Å². The number of rotatable bonds is 9. The van der Waals surface area contributed by atoms with E-state index in [0.29, 0.717) is 42.2 Å². The van der Waals surface area contributed by atoms with Gasteiger partial charge >= 0.3 is 5.97 Å². The monoisotopic (exact) mass is 385 g/mol. The first kappa shape index (κ1) is 21.3. The Labute approximate surface area is 165 Å². The average molecular weight is 385 g/mol. The number of methoxy groups -OCH3 is 1. The van der Waals surface area contributed by atoms with Crippen LogP contribution in [-0.4, -0.2) is 31.7 Å². The average Bonchev–Trinajstić information content (AvgIpc) is 2.67. The molecule has 0 aliphatic rings. The standard InChI is InChI=1S/C22H27NO5/c1-5-27-19-12-6-16(14-20(19)26-4)7-13-21(24)23-18-10-8-17(9-11-18)22(25)28-15(2)3/h6,8-12,14-15H,5,7,13H2,1-4H3,(H,23,24). The van der Waals surface area contributed by atoms with Gasteiger partial charge in [-0.05, 0) is 69.2 Å². The van der Waals surface area contributed by atoms with Crippen LogP contribution in [0, 0.1) is 0 Å². The largest absolute Gasteiger partial charge is 0.493 e. The molecule has 0 bridgehead atoms. The molecule has 0 aromatic heterocycles. The van der Waals surface area contributed by atoms with Crippen molar-refractivity contribution in [2.45, 2.75) is 39.7 Å². The molecule has 0 saturated carbocycles. The van der Waals surface area contributed by atoms with Crippen LogP contribution >= 0.6 is 0 Å². The number of anilines is 1. The maximum atomic E-state index is 12.2. The van der Waals surface area contributed by atoms with Crippen molar-refractivity contribution >= 4 is 17.6 Å². The second-order valence-corrected chi connectivity index (χ2v) is 6.50. The molecule has 0 atom stereocenters. The molecule has 2 rings (SSSR count). The van der Waals surface area contributed by atoms with Crippen molar-refractivity contribution in [1.82, 2.24) is 0 Å². The first-order chi connectivity index (χ1) is 13.4. The summed E-state index contributed by atoms with van der Waals surface area (Å²) >= 11 is 0. The van der Waals surface area contributed by atoms with E-state index in [1.165, 1.54) is 0 Å². The Morgan fingerprint density at radius 3 is 2.36 bits per heavy atom. The summed E-state index contributed by atoms with van der Waals surface area (Å²) in [4.78, 5) is 24.1. The Balaban J connectivity index is 1.89. The fraction of sp³-hybridized carbons (Fsp3) is 0.364. The summed E-state index contributed by atoms with van der Waals surface area (Å²) in [5, 5.41) is 2.83. The molecule has 0 fully saturated rings. The summed E-state index contributed by atoms with van der Waals surface area (Å²) in [5.74, 6) is 0.862. The summed E-state index contributed by atoms with van der Waals surface area (Å²) in [5.41, 5.74) is 2.07. The maximum Gasteiger partial charge on any atom is 0.338 e. The Bertz CT molecular complexity index is 799. The summed E-state index contributed by atoms with van der Waals surface area (Å²) < 4.78 is 16.0. The van der Waals surface area contributed by atoms with E-state index in [2.05, 4.69) is 5.32 Å². The predicted molar refractivity (Wildman–Crippen MR) is 108 cm³/mol. The lowest BCUT2D eigenvalue weighted by Gasteiger charge is -2.11. The Hall–Kier alpha value is -3.02. The van der Waals surface area contributed by atoms with Crippen LogP contribution in [-0.2, 0) is 16.0 Å². The van der Waals surface area contributed by atoms with Gasteiger partial charge in [-0.1, -0.05) is 6.07 Å². The lowest BCUT2D eigenvalue weighted by atomic mass is 10.1. The van der Waals surface area contributed by atoms with E-state index in [0.717, 1.165) is 5.56 Å². The van der Waals surface area contributed by atoms with Gasteiger partial charge in [0.1, 0.15) is 0 Å². The summed E-state index contributed by atoms with van der Waals surface area (Å²) in [6.07, 6.45) is 0.731. The number of benzene rings is 2. The first-order valence-corrected chi connectivity index (χ1v) is 9.33. The van der Waals surface area contributed by atoms with E-state index in [1.807, 2.05) is 25.1 Å². The predicted octanol–water partition coefficient (Wildman–Crippen LogP) is 4.23. The van der Waals surface area contributed by atoms with Crippen molar-refractivity contribution < 1.29 is 23.8 Å². The van der Waals surface area contributed by atoms with Crippen LogP contribution in [0.4, 0.5) is 5.69 Å². The molecule has 0 spiro atoms. The number of esters is 1. The van der Waals surface area contributed by atoms with Gasteiger partial charge < -0.3 is 19.5 Å². The zero-order chi connectivity index (χ0) is 20.5. The molecule has 0 saturated heterocycles. The third kappa shape index (κ3) is 6.30. The lowest BCUT2D eigenvalue weighted by molar-refractivity contribution is -0.116. The van der Waals surface area contributed by atoms with Crippen LogP contribution < -0.4 is 14.8 Å². The number of ether oxygens (including phenoxy) is 3. The highest BCUT2D eigenvalue weighted by Gasteiger charge is 2.10. The maximum absolute atomic E-state index is 12.2. The molecule has 0 radical (unpaired) electrons. The van der Waals surface area contributed by atoms with E-state index in [1.54, 1.807) is 45.2 Å². The SMILES string of the molecule is CCOc1ccc(CCC(=O)Nc2ccc(C(=O)OC(C)C)cc2)cc1OC. The second kappa shape index (κ2) is 10.3. The van der Waals surface area contributed by atoms with Gasteiger partial charge in [0.05, 0.1) is 25.4 Å². The molecule has 0 aliphatic carbocycles. The van der Waals surface area contributed by atoms with Gasteiger partial charge in [0.2, 0.25) is 5.91 Å². The molecule has 1 N–H and O–H groups in total. The van der Waals surface area contributed by atoms with Crippen LogP contribution in [0.5, 0.6) is 11.5 Å². The Morgan fingerprint density at radius 1 is 1.04 bits per heavy atom. The molecule has 150 valence electrons. The van der Waals surface area contributed by atoms with E-state index in [-0.39, 0.29) is 18.0 Å². The minimum absolute atomic E-state index is 0.106. The van der Waals surface area contributed by atoms with Gasteiger partial charge in [0, 0.05) is 12.1 Å². The van der Waals surface area contributed by atoms with Gasteiger partial charge in [0.15, 0.2) is 11.5 Å². The quantitative estimate of drug-likeness (QED) is 0.654.